The summed E-state index contributed by atoms with van der Waals surface area (Å²) in [5, 5.41) is 14.5. The maximum atomic E-state index is 11.8. The van der Waals surface area contributed by atoms with Crippen LogP contribution in [0.5, 0.6) is 0 Å². The van der Waals surface area contributed by atoms with Crippen molar-refractivity contribution in [2.75, 3.05) is 37.9 Å². The van der Waals surface area contributed by atoms with Crippen molar-refractivity contribution >= 4 is 21.2 Å². The molecule has 0 aliphatic carbocycles. The van der Waals surface area contributed by atoms with Gasteiger partial charge in [-0.25, -0.2) is 8.42 Å². The second-order valence-corrected chi connectivity index (χ2v) is 7.99. The first-order chi connectivity index (χ1) is 11.2. The molecule has 1 N–H and O–H groups in total. The Morgan fingerprint density at radius 2 is 1.92 bits per heavy atom. The number of para-hydroxylation sites is 1. The van der Waals surface area contributed by atoms with Gasteiger partial charge in [-0.3, -0.25) is 15.0 Å². The molecule has 0 aromatic heterocycles. The van der Waals surface area contributed by atoms with Crippen molar-refractivity contribution in [3.63, 3.8) is 0 Å². The Balaban J connectivity index is 2.27. The second-order valence-electron chi connectivity index (χ2n) is 6.00. The number of nitrogens with one attached hydrogen (secondary N) is 1. The van der Waals surface area contributed by atoms with Crippen molar-refractivity contribution in [2.24, 2.45) is 0 Å². The molecule has 0 amide bonds. The third-order valence-electron chi connectivity index (χ3n) is 4.31. The summed E-state index contributed by atoms with van der Waals surface area (Å²) in [7, 11) is -3.69. The monoisotopic (exact) mass is 357 g/mol. The van der Waals surface area contributed by atoms with Crippen LogP contribution in [0, 0.1) is 10.1 Å². The molecule has 1 aromatic carbocycles. The first kappa shape index (κ1) is 18.6. The van der Waals surface area contributed by atoms with Crippen molar-refractivity contribution in [3.8, 4) is 0 Å². The van der Waals surface area contributed by atoms with E-state index in [1.165, 1.54) is 18.2 Å². The maximum absolute atomic E-state index is 11.8. The number of morpholine rings is 1. The van der Waals surface area contributed by atoms with E-state index >= 15 is 0 Å². The molecule has 24 heavy (non-hydrogen) atoms. The lowest BCUT2D eigenvalue weighted by Crippen LogP contribution is -2.48. The minimum absolute atomic E-state index is 0.100. The van der Waals surface area contributed by atoms with Crippen LogP contribution in [0.4, 0.5) is 11.4 Å². The van der Waals surface area contributed by atoms with Crippen LogP contribution >= 0.6 is 0 Å². The number of benzene rings is 1. The van der Waals surface area contributed by atoms with Gasteiger partial charge in [-0.05, 0) is 26.0 Å². The number of hydrogen-bond donors (Lipinski definition) is 1. The Hall–Kier alpha value is -1.71. The number of nitro benzene ring substituents is 1. The van der Waals surface area contributed by atoms with Gasteiger partial charge < -0.3 is 10.1 Å². The van der Waals surface area contributed by atoms with E-state index in [1.54, 1.807) is 0 Å². The number of rotatable bonds is 6. The SMILES string of the molecule is CC(Nc1cccc(S(C)(=O)=O)c1[N+](=O)[O-])C(C)N1CCOCC1. The molecule has 134 valence electrons. The minimum Gasteiger partial charge on any atom is -0.379 e. The molecule has 2 unspecified atom stereocenters. The molecule has 8 nitrogen and oxygen atoms in total. The number of anilines is 1. The van der Waals surface area contributed by atoms with Gasteiger partial charge in [0.15, 0.2) is 9.84 Å². The molecule has 9 heteroatoms. The van der Waals surface area contributed by atoms with Crippen molar-refractivity contribution in [1.82, 2.24) is 4.90 Å². The van der Waals surface area contributed by atoms with Gasteiger partial charge in [0.1, 0.15) is 10.6 Å². The van der Waals surface area contributed by atoms with E-state index in [0.717, 1.165) is 19.3 Å². The van der Waals surface area contributed by atoms with Crippen LogP contribution in [0.25, 0.3) is 0 Å². The van der Waals surface area contributed by atoms with Gasteiger partial charge in [0.25, 0.3) is 0 Å². The van der Waals surface area contributed by atoms with Gasteiger partial charge >= 0.3 is 5.69 Å². The van der Waals surface area contributed by atoms with Crippen LogP contribution in [0.1, 0.15) is 13.8 Å². The number of ether oxygens (including phenoxy) is 1. The molecule has 0 saturated carbocycles. The molecule has 0 spiro atoms. The molecule has 1 saturated heterocycles. The molecule has 2 rings (SSSR count). The smallest absolute Gasteiger partial charge is 0.310 e. The fraction of sp³-hybridized carbons (Fsp3) is 0.600. The molecule has 1 fully saturated rings. The highest BCUT2D eigenvalue weighted by atomic mass is 32.2. The quantitative estimate of drug-likeness (QED) is 0.608. The first-order valence-electron chi connectivity index (χ1n) is 7.77. The molecule has 0 bridgehead atoms. The van der Waals surface area contributed by atoms with Crippen molar-refractivity contribution in [1.29, 1.82) is 0 Å². The summed E-state index contributed by atoms with van der Waals surface area (Å²) in [6, 6.07) is 4.33. The third kappa shape index (κ3) is 4.22. The zero-order chi connectivity index (χ0) is 17.9. The standard InChI is InChI=1S/C15H23N3O5S/c1-11(12(2)17-7-9-23-10-8-17)16-13-5-4-6-14(24(3,21)22)15(13)18(19)20/h4-6,11-12,16H,7-10H2,1-3H3. The second kappa shape index (κ2) is 7.45. The van der Waals surface area contributed by atoms with E-state index in [-0.39, 0.29) is 22.7 Å². The number of sulfone groups is 1. The summed E-state index contributed by atoms with van der Waals surface area (Å²) in [5.41, 5.74) is -0.184. The van der Waals surface area contributed by atoms with Gasteiger partial charge in [0.2, 0.25) is 0 Å². The van der Waals surface area contributed by atoms with Crippen LogP contribution in [0.3, 0.4) is 0 Å². The zero-order valence-corrected chi connectivity index (χ0v) is 14.9. The largest absolute Gasteiger partial charge is 0.379 e. The summed E-state index contributed by atoms with van der Waals surface area (Å²) in [6.45, 7) is 6.91. The van der Waals surface area contributed by atoms with Gasteiger partial charge in [-0.2, -0.15) is 0 Å². The van der Waals surface area contributed by atoms with Crippen LogP contribution < -0.4 is 5.32 Å². The lowest BCUT2D eigenvalue weighted by atomic mass is 10.1. The Morgan fingerprint density at radius 1 is 1.29 bits per heavy atom. The van der Waals surface area contributed by atoms with E-state index in [2.05, 4.69) is 10.2 Å². The average molecular weight is 357 g/mol. The number of nitro groups is 1. The number of nitrogens with zero attached hydrogens (tertiary/aromatic N) is 2. The van der Waals surface area contributed by atoms with Gasteiger partial charge in [-0.1, -0.05) is 6.07 Å². The summed E-state index contributed by atoms with van der Waals surface area (Å²) < 4.78 is 29.0. The molecule has 1 aliphatic rings. The van der Waals surface area contributed by atoms with Crippen LogP contribution in [-0.2, 0) is 14.6 Å². The number of hydrogen-bond acceptors (Lipinski definition) is 7. The Labute approximate surface area is 141 Å². The van der Waals surface area contributed by atoms with Gasteiger partial charge in [0.05, 0.1) is 18.1 Å². The van der Waals surface area contributed by atoms with Gasteiger partial charge in [-0.15, -0.1) is 0 Å². The van der Waals surface area contributed by atoms with Gasteiger partial charge in [0, 0.05) is 31.4 Å². The normalized spacial score (nSPS) is 18.8. The molecule has 0 radical (unpaired) electrons. The highest BCUT2D eigenvalue weighted by Crippen LogP contribution is 2.32. The van der Waals surface area contributed by atoms with E-state index < -0.39 is 20.4 Å². The highest BCUT2D eigenvalue weighted by Gasteiger charge is 2.28. The summed E-state index contributed by atoms with van der Waals surface area (Å²) in [5.74, 6) is 0. The zero-order valence-electron chi connectivity index (χ0n) is 14.1. The molecular weight excluding hydrogens is 334 g/mol. The summed E-state index contributed by atoms with van der Waals surface area (Å²) >= 11 is 0. The fourth-order valence-corrected chi connectivity index (χ4v) is 3.65. The van der Waals surface area contributed by atoms with Crippen LogP contribution in [-0.4, -0.2) is 62.9 Å². The van der Waals surface area contributed by atoms with Crippen LogP contribution in [0.2, 0.25) is 0 Å². The molecule has 2 atom stereocenters. The predicted octanol–water partition coefficient (Wildman–Crippen LogP) is 1.52. The molecular formula is C15H23N3O5S. The topological polar surface area (TPSA) is 102 Å². The Bertz CT molecular complexity index is 701. The van der Waals surface area contributed by atoms with E-state index in [4.69, 9.17) is 4.74 Å². The fourth-order valence-electron chi connectivity index (χ4n) is 2.79. The first-order valence-corrected chi connectivity index (χ1v) is 9.66. The summed E-state index contributed by atoms with van der Waals surface area (Å²) in [4.78, 5) is 12.7. The van der Waals surface area contributed by atoms with E-state index in [9.17, 15) is 18.5 Å². The van der Waals surface area contributed by atoms with Crippen LogP contribution in [0.15, 0.2) is 23.1 Å². The molecule has 1 aliphatic heterocycles. The predicted molar refractivity (Wildman–Crippen MR) is 91.1 cm³/mol. The lowest BCUT2D eigenvalue weighted by molar-refractivity contribution is -0.386. The third-order valence-corrected chi connectivity index (χ3v) is 5.44. The minimum atomic E-state index is -3.69. The summed E-state index contributed by atoms with van der Waals surface area (Å²) in [6.07, 6.45) is 0.971. The Morgan fingerprint density at radius 3 is 2.46 bits per heavy atom. The molecule has 1 heterocycles. The Kier molecular flexibility index (Phi) is 5.79. The lowest BCUT2D eigenvalue weighted by Gasteiger charge is -2.36. The van der Waals surface area contributed by atoms with E-state index in [1.807, 2.05) is 13.8 Å². The maximum Gasteiger partial charge on any atom is 0.310 e. The van der Waals surface area contributed by atoms with Crippen molar-refractivity contribution < 1.29 is 18.1 Å². The van der Waals surface area contributed by atoms with E-state index in [0.29, 0.717) is 13.2 Å². The van der Waals surface area contributed by atoms with Crippen molar-refractivity contribution in [2.45, 2.75) is 30.8 Å². The highest BCUT2D eigenvalue weighted by molar-refractivity contribution is 7.90. The average Bonchev–Trinajstić information content (AvgIpc) is 2.53. The molecule has 1 aromatic rings. The van der Waals surface area contributed by atoms with Crippen molar-refractivity contribution in [3.05, 3.63) is 28.3 Å².